The largest absolute Gasteiger partial charge is 0.504 e. The van der Waals surface area contributed by atoms with Gasteiger partial charge in [-0.25, -0.2) is 0 Å². The number of nitrogens with zero attached hydrogens (tertiary/aromatic N) is 1. The Morgan fingerprint density at radius 2 is 1.92 bits per heavy atom. The van der Waals surface area contributed by atoms with Gasteiger partial charge in [-0.05, 0) is 18.2 Å². The first-order valence-corrected chi connectivity index (χ1v) is 3.77. The van der Waals surface area contributed by atoms with E-state index in [1.54, 1.807) is 18.6 Å². The summed E-state index contributed by atoms with van der Waals surface area (Å²) in [5.41, 5.74) is 5.13. The highest BCUT2D eigenvalue weighted by Crippen LogP contribution is 2.14. The van der Waals surface area contributed by atoms with E-state index in [1.165, 1.54) is 6.07 Å². The molecule has 2 aromatic rings. The second kappa shape index (κ2) is 4.82. The normalized spacial score (nSPS) is 8.62. The van der Waals surface area contributed by atoms with Crippen LogP contribution in [0.3, 0.4) is 0 Å². The molecule has 0 unspecified atom stereocenters. The van der Waals surface area contributed by atoms with Gasteiger partial charge < -0.3 is 15.8 Å². The number of hydrogen-bond acceptors (Lipinski definition) is 3. The summed E-state index contributed by atoms with van der Waals surface area (Å²) in [4.78, 5) is 6.38. The fraction of sp³-hybridized carbons (Fsp3) is 0. The molecule has 0 amide bonds. The van der Waals surface area contributed by atoms with E-state index in [9.17, 15) is 0 Å². The summed E-state index contributed by atoms with van der Waals surface area (Å²) in [6.45, 7) is 0. The third kappa shape index (κ3) is 3.29. The van der Waals surface area contributed by atoms with Gasteiger partial charge in [-0.2, -0.15) is 0 Å². The lowest BCUT2D eigenvalue weighted by atomic mass is 10.5. The van der Waals surface area contributed by atoms with E-state index < -0.39 is 0 Å². The summed E-state index contributed by atoms with van der Waals surface area (Å²) in [7, 11) is 0. The van der Waals surface area contributed by atoms with Crippen LogP contribution in [0.4, 0.5) is 5.82 Å². The summed E-state index contributed by atoms with van der Waals surface area (Å²) >= 11 is 0. The van der Waals surface area contributed by atoms with Crippen molar-refractivity contribution in [3.05, 3.63) is 42.9 Å². The first-order chi connectivity index (χ1) is 6.30. The zero-order chi connectivity index (χ0) is 9.52. The highest BCUT2D eigenvalue weighted by molar-refractivity contribution is 5.44. The number of pyridine rings is 1. The van der Waals surface area contributed by atoms with Crippen LogP contribution in [-0.2, 0) is 0 Å². The number of nitrogen functional groups attached to an aromatic ring is 1. The van der Waals surface area contributed by atoms with Gasteiger partial charge in [0, 0.05) is 18.6 Å². The van der Waals surface area contributed by atoms with E-state index in [1.807, 2.05) is 18.2 Å². The molecule has 4 heteroatoms. The predicted octanol–water partition coefficient (Wildman–Crippen LogP) is 1.38. The van der Waals surface area contributed by atoms with Crippen molar-refractivity contribution in [1.29, 1.82) is 0 Å². The molecule has 0 aliphatic rings. The second-order valence-electron chi connectivity index (χ2n) is 2.30. The van der Waals surface area contributed by atoms with Crippen LogP contribution in [-0.4, -0.2) is 15.1 Å². The fourth-order valence-electron chi connectivity index (χ4n) is 0.687. The molecule has 13 heavy (non-hydrogen) atoms. The minimum atomic E-state index is 0.111. The van der Waals surface area contributed by atoms with Crippen molar-refractivity contribution in [1.82, 2.24) is 9.97 Å². The quantitative estimate of drug-likeness (QED) is 0.569. The molecule has 4 N–H and O–H groups in total. The van der Waals surface area contributed by atoms with E-state index >= 15 is 0 Å². The van der Waals surface area contributed by atoms with Gasteiger partial charge in [0.15, 0.2) is 5.75 Å². The Labute approximate surface area is 76.1 Å². The number of anilines is 1. The molecule has 0 saturated heterocycles. The molecule has 2 heterocycles. The summed E-state index contributed by atoms with van der Waals surface area (Å²) in [6.07, 6.45) is 5.07. The molecule has 0 aromatic carbocycles. The first kappa shape index (κ1) is 9.12. The number of hydrogen-bond donors (Lipinski definition) is 3. The molecule has 0 fully saturated rings. The highest BCUT2D eigenvalue weighted by Gasteiger charge is 1.90. The molecule has 4 nitrogen and oxygen atoms in total. The Morgan fingerprint density at radius 1 is 1.23 bits per heavy atom. The summed E-state index contributed by atoms with van der Waals surface area (Å²) in [6, 6.07) is 7.21. The number of H-pyrrole nitrogens is 1. The average Bonchev–Trinajstić information content (AvgIpc) is 2.55. The summed E-state index contributed by atoms with van der Waals surface area (Å²) < 4.78 is 0. The Morgan fingerprint density at radius 3 is 2.08 bits per heavy atom. The van der Waals surface area contributed by atoms with Gasteiger partial charge in [0.1, 0.15) is 5.82 Å². The van der Waals surface area contributed by atoms with Crippen LogP contribution < -0.4 is 5.73 Å². The number of aromatic nitrogens is 2. The number of aromatic hydroxyl groups is 1. The lowest BCUT2D eigenvalue weighted by Crippen LogP contribution is -1.81. The van der Waals surface area contributed by atoms with E-state index in [0.717, 1.165) is 0 Å². The lowest BCUT2D eigenvalue weighted by molar-refractivity contribution is 0.479. The van der Waals surface area contributed by atoms with Crippen LogP contribution in [0.25, 0.3) is 0 Å². The van der Waals surface area contributed by atoms with Gasteiger partial charge >= 0.3 is 0 Å². The first-order valence-electron chi connectivity index (χ1n) is 3.77. The Balaban J connectivity index is 0.000000132. The van der Waals surface area contributed by atoms with E-state index in [-0.39, 0.29) is 5.75 Å². The maximum Gasteiger partial charge on any atom is 0.157 e. The van der Waals surface area contributed by atoms with Gasteiger partial charge in [0.25, 0.3) is 0 Å². The Hall–Kier alpha value is -1.97. The molecule has 0 atom stereocenters. The number of nitrogens with two attached hydrogens (primary N) is 1. The van der Waals surface area contributed by atoms with Gasteiger partial charge in [-0.15, -0.1) is 0 Å². The van der Waals surface area contributed by atoms with Crippen LogP contribution >= 0.6 is 0 Å². The number of aromatic amines is 1. The van der Waals surface area contributed by atoms with Gasteiger partial charge in [0.2, 0.25) is 0 Å². The number of rotatable bonds is 0. The molecule has 0 saturated carbocycles. The van der Waals surface area contributed by atoms with Crippen molar-refractivity contribution in [2.45, 2.75) is 0 Å². The van der Waals surface area contributed by atoms with Gasteiger partial charge in [0.05, 0.1) is 0 Å². The van der Waals surface area contributed by atoms with Crippen LogP contribution in [0.15, 0.2) is 42.9 Å². The minimum absolute atomic E-state index is 0.111. The van der Waals surface area contributed by atoms with Crippen molar-refractivity contribution >= 4 is 5.82 Å². The van der Waals surface area contributed by atoms with Crippen LogP contribution in [0.2, 0.25) is 0 Å². The van der Waals surface area contributed by atoms with Crippen molar-refractivity contribution < 1.29 is 5.11 Å². The zero-order valence-electron chi connectivity index (χ0n) is 7.01. The third-order valence-corrected chi connectivity index (χ3v) is 1.32. The van der Waals surface area contributed by atoms with E-state index in [4.69, 9.17) is 10.8 Å². The summed E-state index contributed by atoms with van der Waals surface area (Å²) in [5.74, 6) is 0.431. The molecule has 0 radical (unpaired) electrons. The average molecular weight is 177 g/mol. The topological polar surface area (TPSA) is 74.9 Å². The Bertz CT molecular complexity index is 288. The van der Waals surface area contributed by atoms with Crippen molar-refractivity contribution in [3.8, 4) is 5.75 Å². The van der Waals surface area contributed by atoms with Gasteiger partial charge in [-0.1, -0.05) is 6.07 Å². The minimum Gasteiger partial charge on any atom is -0.504 e. The lowest BCUT2D eigenvalue weighted by Gasteiger charge is -1.81. The molecule has 68 valence electrons. The smallest absolute Gasteiger partial charge is 0.157 e. The van der Waals surface area contributed by atoms with Gasteiger partial charge in [-0.3, -0.25) is 4.98 Å². The molecule has 0 bridgehead atoms. The molecule has 0 aliphatic heterocycles. The SMILES string of the molecule is Nc1[nH]ccc1O.c1ccncc1. The van der Waals surface area contributed by atoms with Crippen molar-refractivity contribution in [2.24, 2.45) is 0 Å². The van der Waals surface area contributed by atoms with Crippen molar-refractivity contribution in [2.75, 3.05) is 5.73 Å². The van der Waals surface area contributed by atoms with E-state index in [0.29, 0.717) is 5.82 Å². The van der Waals surface area contributed by atoms with Crippen molar-refractivity contribution in [3.63, 3.8) is 0 Å². The number of nitrogens with one attached hydrogen (secondary N) is 1. The third-order valence-electron chi connectivity index (χ3n) is 1.32. The maximum atomic E-state index is 8.60. The maximum absolute atomic E-state index is 8.60. The molecular weight excluding hydrogens is 166 g/mol. The van der Waals surface area contributed by atoms with Crippen LogP contribution in [0.1, 0.15) is 0 Å². The molecule has 0 aliphatic carbocycles. The molecular formula is C9H11N3O. The molecule has 2 aromatic heterocycles. The Kier molecular flexibility index (Phi) is 3.38. The zero-order valence-corrected chi connectivity index (χ0v) is 7.01. The fourth-order valence-corrected chi connectivity index (χ4v) is 0.687. The highest BCUT2D eigenvalue weighted by atomic mass is 16.3. The molecule has 2 rings (SSSR count). The molecule has 0 spiro atoms. The monoisotopic (exact) mass is 177 g/mol. The predicted molar refractivity (Wildman–Crippen MR) is 51.1 cm³/mol. The summed E-state index contributed by atoms with van der Waals surface area (Å²) in [5, 5.41) is 8.60. The second-order valence-corrected chi connectivity index (χ2v) is 2.30. The standard InChI is InChI=1S/C5H5N.C4H6N2O/c1-2-4-6-5-3-1;5-4-3(7)1-2-6-4/h1-5H;1-2,6-7H,5H2. The van der Waals surface area contributed by atoms with E-state index in [2.05, 4.69) is 9.97 Å². The van der Waals surface area contributed by atoms with Crippen LogP contribution in [0.5, 0.6) is 5.75 Å². The van der Waals surface area contributed by atoms with Crippen LogP contribution in [0, 0.1) is 0 Å².